The van der Waals surface area contributed by atoms with E-state index in [4.69, 9.17) is 15.2 Å². The summed E-state index contributed by atoms with van der Waals surface area (Å²) in [5, 5.41) is 0. The molecule has 0 aliphatic carbocycles. The van der Waals surface area contributed by atoms with Crippen LogP contribution in [0.3, 0.4) is 0 Å². The van der Waals surface area contributed by atoms with Crippen LogP contribution in [0.5, 0.6) is 0 Å². The standard InChI is InChI=1S/C11H25NO2/c1-4-6-7-13-8-9-14-11(3,5-2)10-12/h4-10,12H2,1-3H3. The van der Waals surface area contributed by atoms with Crippen LogP contribution in [0.1, 0.15) is 40.0 Å². The fourth-order valence-electron chi connectivity index (χ4n) is 1.00. The Balaban J connectivity index is 3.34. The number of hydrogen-bond acceptors (Lipinski definition) is 3. The van der Waals surface area contributed by atoms with Crippen LogP contribution in [0, 0.1) is 0 Å². The van der Waals surface area contributed by atoms with Crippen LogP contribution < -0.4 is 5.73 Å². The average Bonchev–Trinajstić information content (AvgIpc) is 2.23. The Morgan fingerprint density at radius 3 is 2.36 bits per heavy atom. The largest absolute Gasteiger partial charge is 0.379 e. The van der Waals surface area contributed by atoms with E-state index in [1.54, 1.807) is 0 Å². The van der Waals surface area contributed by atoms with Gasteiger partial charge in [-0.25, -0.2) is 0 Å². The first kappa shape index (κ1) is 13.9. The molecule has 3 nitrogen and oxygen atoms in total. The molecule has 1 atom stereocenters. The highest BCUT2D eigenvalue weighted by molar-refractivity contribution is 4.73. The van der Waals surface area contributed by atoms with Crippen molar-refractivity contribution in [3.8, 4) is 0 Å². The second-order valence-corrected chi connectivity index (χ2v) is 3.82. The zero-order valence-electron chi connectivity index (χ0n) is 9.84. The summed E-state index contributed by atoms with van der Waals surface area (Å²) in [4.78, 5) is 0. The molecule has 0 aliphatic rings. The molecule has 0 saturated heterocycles. The predicted octanol–water partition coefficient (Wildman–Crippen LogP) is 1.95. The van der Waals surface area contributed by atoms with Gasteiger partial charge in [0.2, 0.25) is 0 Å². The second-order valence-electron chi connectivity index (χ2n) is 3.82. The lowest BCUT2D eigenvalue weighted by molar-refractivity contribution is -0.0533. The maximum atomic E-state index is 5.66. The van der Waals surface area contributed by atoms with Crippen molar-refractivity contribution in [2.75, 3.05) is 26.4 Å². The van der Waals surface area contributed by atoms with E-state index >= 15 is 0 Å². The van der Waals surface area contributed by atoms with E-state index in [1.807, 2.05) is 6.92 Å². The molecule has 86 valence electrons. The molecule has 0 aromatic rings. The minimum atomic E-state index is -0.173. The van der Waals surface area contributed by atoms with Gasteiger partial charge >= 0.3 is 0 Å². The van der Waals surface area contributed by atoms with Crippen molar-refractivity contribution in [2.45, 2.75) is 45.6 Å². The van der Waals surface area contributed by atoms with Gasteiger partial charge in [0.15, 0.2) is 0 Å². The molecule has 0 heterocycles. The van der Waals surface area contributed by atoms with Crippen LogP contribution in [-0.4, -0.2) is 32.0 Å². The summed E-state index contributed by atoms with van der Waals surface area (Å²) in [6.45, 7) is 9.01. The van der Waals surface area contributed by atoms with E-state index in [0.29, 0.717) is 19.8 Å². The van der Waals surface area contributed by atoms with Crippen molar-refractivity contribution >= 4 is 0 Å². The van der Waals surface area contributed by atoms with Gasteiger partial charge in [-0.2, -0.15) is 0 Å². The average molecular weight is 203 g/mol. The van der Waals surface area contributed by atoms with E-state index < -0.39 is 0 Å². The molecule has 0 spiro atoms. The Bertz CT molecular complexity index is 124. The lowest BCUT2D eigenvalue weighted by atomic mass is 10.0. The van der Waals surface area contributed by atoms with Crippen molar-refractivity contribution < 1.29 is 9.47 Å². The smallest absolute Gasteiger partial charge is 0.0774 e. The van der Waals surface area contributed by atoms with E-state index in [-0.39, 0.29) is 5.60 Å². The van der Waals surface area contributed by atoms with Gasteiger partial charge < -0.3 is 15.2 Å². The first-order valence-electron chi connectivity index (χ1n) is 5.60. The first-order chi connectivity index (χ1) is 6.68. The third-order valence-electron chi connectivity index (χ3n) is 2.50. The molecule has 0 radical (unpaired) electrons. The normalized spacial score (nSPS) is 15.4. The number of hydrogen-bond donors (Lipinski definition) is 1. The third-order valence-corrected chi connectivity index (χ3v) is 2.50. The number of nitrogens with two attached hydrogens (primary N) is 1. The minimum Gasteiger partial charge on any atom is -0.379 e. The Hall–Kier alpha value is -0.120. The summed E-state index contributed by atoms with van der Waals surface area (Å²) in [5.74, 6) is 0. The topological polar surface area (TPSA) is 44.5 Å². The highest BCUT2D eigenvalue weighted by Crippen LogP contribution is 2.12. The predicted molar refractivity (Wildman–Crippen MR) is 59.4 cm³/mol. The molecule has 0 bridgehead atoms. The summed E-state index contributed by atoms with van der Waals surface area (Å²) in [5.41, 5.74) is 5.44. The maximum absolute atomic E-state index is 5.66. The number of ether oxygens (including phenoxy) is 2. The Morgan fingerprint density at radius 1 is 1.14 bits per heavy atom. The van der Waals surface area contributed by atoms with E-state index in [1.165, 1.54) is 6.42 Å². The van der Waals surface area contributed by atoms with Gasteiger partial charge in [-0.05, 0) is 19.8 Å². The van der Waals surface area contributed by atoms with Gasteiger partial charge in [0, 0.05) is 13.2 Å². The lowest BCUT2D eigenvalue weighted by Gasteiger charge is -2.26. The van der Waals surface area contributed by atoms with Gasteiger partial charge in [0.25, 0.3) is 0 Å². The molecule has 0 aliphatic heterocycles. The quantitative estimate of drug-likeness (QED) is 0.582. The SMILES string of the molecule is CCCCOCCOC(C)(CC)CN. The van der Waals surface area contributed by atoms with Gasteiger partial charge in [-0.15, -0.1) is 0 Å². The van der Waals surface area contributed by atoms with Crippen LogP contribution in [0.25, 0.3) is 0 Å². The maximum Gasteiger partial charge on any atom is 0.0774 e. The second kappa shape index (κ2) is 8.21. The van der Waals surface area contributed by atoms with Crippen LogP contribution in [0.2, 0.25) is 0 Å². The summed E-state index contributed by atoms with van der Waals surface area (Å²) >= 11 is 0. The van der Waals surface area contributed by atoms with E-state index in [9.17, 15) is 0 Å². The molecule has 0 fully saturated rings. The number of unbranched alkanes of at least 4 members (excludes halogenated alkanes) is 1. The van der Waals surface area contributed by atoms with Gasteiger partial charge in [-0.3, -0.25) is 0 Å². The molecule has 0 saturated carbocycles. The zero-order valence-corrected chi connectivity index (χ0v) is 9.84. The molecule has 0 aromatic carbocycles. The Morgan fingerprint density at radius 2 is 1.86 bits per heavy atom. The fourth-order valence-corrected chi connectivity index (χ4v) is 1.00. The van der Waals surface area contributed by atoms with Crippen LogP contribution in [-0.2, 0) is 9.47 Å². The van der Waals surface area contributed by atoms with Crippen molar-refractivity contribution in [1.82, 2.24) is 0 Å². The minimum absolute atomic E-state index is 0.173. The first-order valence-corrected chi connectivity index (χ1v) is 5.60. The molecule has 0 amide bonds. The molecular weight excluding hydrogens is 178 g/mol. The highest BCUT2D eigenvalue weighted by atomic mass is 16.5. The summed E-state index contributed by atoms with van der Waals surface area (Å²) in [6.07, 6.45) is 3.25. The summed E-state index contributed by atoms with van der Waals surface area (Å²) in [7, 11) is 0. The third kappa shape index (κ3) is 6.35. The fraction of sp³-hybridized carbons (Fsp3) is 1.00. The molecule has 0 aromatic heterocycles. The van der Waals surface area contributed by atoms with Crippen molar-refractivity contribution in [3.63, 3.8) is 0 Å². The van der Waals surface area contributed by atoms with Crippen LogP contribution in [0.15, 0.2) is 0 Å². The molecule has 3 heteroatoms. The van der Waals surface area contributed by atoms with Crippen molar-refractivity contribution in [3.05, 3.63) is 0 Å². The lowest BCUT2D eigenvalue weighted by Crippen LogP contribution is -2.37. The summed E-state index contributed by atoms with van der Waals surface area (Å²) in [6, 6.07) is 0. The monoisotopic (exact) mass is 203 g/mol. The molecule has 1 unspecified atom stereocenters. The summed E-state index contributed by atoms with van der Waals surface area (Å²) < 4.78 is 11.1. The Labute approximate surface area is 88.0 Å². The zero-order chi connectivity index (χ0) is 10.9. The van der Waals surface area contributed by atoms with Crippen LogP contribution in [0.4, 0.5) is 0 Å². The van der Waals surface area contributed by atoms with Crippen molar-refractivity contribution in [1.29, 1.82) is 0 Å². The molecular formula is C11H25NO2. The molecule has 14 heavy (non-hydrogen) atoms. The molecule has 0 rings (SSSR count). The van der Waals surface area contributed by atoms with Gasteiger partial charge in [0.1, 0.15) is 0 Å². The van der Waals surface area contributed by atoms with Crippen LogP contribution >= 0.6 is 0 Å². The van der Waals surface area contributed by atoms with E-state index in [0.717, 1.165) is 19.4 Å². The van der Waals surface area contributed by atoms with Crippen molar-refractivity contribution in [2.24, 2.45) is 5.73 Å². The Kier molecular flexibility index (Phi) is 8.14. The highest BCUT2D eigenvalue weighted by Gasteiger charge is 2.19. The van der Waals surface area contributed by atoms with E-state index in [2.05, 4.69) is 13.8 Å². The number of rotatable bonds is 9. The molecule has 2 N–H and O–H groups in total. The van der Waals surface area contributed by atoms with Gasteiger partial charge in [0.05, 0.1) is 18.8 Å². The van der Waals surface area contributed by atoms with Gasteiger partial charge in [-0.1, -0.05) is 20.3 Å².